The number of anilines is 1. The number of methoxy groups -OCH3 is 1. The molecule has 0 unspecified atom stereocenters. The molecule has 0 radical (unpaired) electrons. The molecule has 0 aliphatic rings. The molecule has 0 bridgehead atoms. The van der Waals surface area contributed by atoms with Crippen molar-refractivity contribution in [1.82, 2.24) is 19.7 Å². The second-order valence-corrected chi connectivity index (χ2v) is 6.07. The number of nitrogens with zero attached hydrogens (tertiary/aromatic N) is 4. The lowest BCUT2D eigenvalue weighted by atomic mass is 10.3. The number of rotatable bonds is 6. The zero-order chi connectivity index (χ0) is 22.1. The van der Waals surface area contributed by atoms with Gasteiger partial charge in [0, 0.05) is 13.0 Å². The van der Waals surface area contributed by atoms with Crippen molar-refractivity contribution in [3.05, 3.63) is 54.2 Å². The molecule has 0 aliphatic carbocycles. The molecular weight excluding hydrogens is 390 g/mol. The van der Waals surface area contributed by atoms with Crippen LogP contribution in [0, 0.1) is 13.8 Å². The molecule has 30 heavy (non-hydrogen) atoms. The number of hydrogen-bond acceptors (Lipinski definition) is 7. The Kier molecular flexibility index (Phi) is 7.86. The second kappa shape index (κ2) is 10.6. The van der Waals surface area contributed by atoms with Gasteiger partial charge in [-0.05, 0) is 32.0 Å². The van der Waals surface area contributed by atoms with E-state index in [2.05, 4.69) is 20.4 Å². The van der Waals surface area contributed by atoms with Gasteiger partial charge < -0.3 is 19.9 Å². The molecular formula is C20H23N5O5. The summed E-state index contributed by atoms with van der Waals surface area (Å²) in [7, 11) is 1.58. The number of pyridine rings is 1. The Balaban J connectivity index is 0.000000735. The molecule has 3 aromatic rings. The molecule has 10 heteroatoms. The molecule has 0 aliphatic heterocycles. The van der Waals surface area contributed by atoms with E-state index < -0.39 is 5.97 Å². The van der Waals surface area contributed by atoms with Gasteiger partial charge in [-0.15, -0.1) is 0 Å². The van der Waals surface area contributed by atoms with E-state index in [1.54, 1.807) is 49.9 Å². The van der Waals surface area contributed by atoms with E-state index in [1.165, 1.54) is 6.20 Å². The lowest BCUT2D eigenvalue weighted by Gasteiger charge is -2.10. The molecule has 2 N–H and O–H groups in total. The lowest BCUT2D eigenvalue weighted by molar-refractivity contribution is -0.134. The third kappa shape index (κ3) is 6.89. The van der Waals surface area contributed by atoms with Gasteiger partial charge in [-0.2, -0.15) is 5.10 Å². The maximum absolute atomic E-state index is 12.1. The van der Waals surface area contributed by atoms with E-state index in [0.717, 1.165) is 6.92 Å². The summed E-state index contributed by atoms with van der Waals surface area (Å²) in [6.07, 6.45) is 1.53. The van der Waals surface area contributed by atoms with Gasteiger partial charge in [-0.3, -0.25) is 9.59 Å². The van der Waals surface area contributed by atoms with Crippen LogP contribution in [-0.4, -0.2) is 43.8 Å². The Morgan fingerprint density at radius 3 is 2.33 bits per heavy atom. The highest BCUT2D eigenvalue weighted by molar-refractivity contribution is 5.90. The first-order chi connectivity index (χ1) is 14.3. The van der Waals surface area contributed by atoms with Gasteiger partial charge in [0.2, 0.25) is 11.8 Å². The minimum absolute atomic E-state index is 0.0894. The Morgan fingerprint density at radius 1 is 1.13 bits per heavy atom. The number of carboxylic acids is 1. The van der Waals surface area contributed by atoms with Crippen molar-refractivity contribution >= 4 is 17.6 Å². The van der Waals surface area contributed by atoms with Crippen LogP contribution in [0.4, 0.5) is 5.69 Å². The van der Waals surface area contributed by atoms with Crippen LogP contribution < -0.4 is 14.8 Å². The number of benzene rings is 1. The molecule has 0 fully saturated rings. The molecule has 0 saturated heterocycles. The number of aryl methyl sites for hydroxylation is 2. The summed E-state index contributed by atoms with van der Waals surface area (Å²) in [4.78, 5) is 29.5. The van der Waals surface area contributed by atoms with Crippen molar-refractivity contribution in [2.45, 2.75) is 27.3 Å². The summed E-state index contributed by atoms with van der Waals surface area (Å²) in [5.74, 6) is 1.86. The Bertz CT molecular complexity index is 997. The molecule has 0 spiro atoms. The van der Waals surface area contributed by atoms with Crippen molar-refractivity contribution in [2.24, 2.45) is 0 Å². The fourth-order valence-electron chi connectivity index (χ4n) is 2.38. The van der Waals surface area contributed by atoms with Crippen LogP contribution in [0.15, 0.2) is 42.6 Å². The molecule has 0 atom stereocenters. The number of para-hydroxylation sites is 2. The van der Waals surface area contributed by atoms with Gasteiger partial charge in [-0.25, -0.2) is 14.6 Å². The SMILES string of the molecule is CC(=O)O.COc1ccccc1Oc1ccc(NC(=O)Cn2nc(C)nc2C)cn1. The summed E-state index contributed by atoms with van der Waals surface area (Å²) >= 11 is 0. The molecule has 158 valence electrons. The topological polar surface area (TPSA) is 128 Å². The van der Waals surface area contributed by atoms with Crippen LogP contribution in [0.3, 0.4) is 0 Å². The largest absolute Gasteiger partial charge is 0.493 e. The number of aliphatic carboxylic acids is 1. The minimum atomic E-state index is -0.833. The van der Waals surface area contributed by atoms with E-state index in [1.807, 2.05) is 12.1 Å². The Hall–Kier alpha value is -3.95. The van der Waals surface area contributed by atoms with Crippen LogP contribution in [-0.2, 0) is 16.1 Å². The third-order valence-electron chi connectivity index (χ3n) is 3.56. The van der Waals surface area contributed by atoms with E-state index in [4.69, 9.17) is 19.4 Å². The smallest absolute Gasteiger partial charge is 0.300 e. The van der Waals surface area contributed by atoms with Crippen LogP contribution in [0.2, 0.25) is 0 Å². The van der Waals surface area contributed by atoms with Crippen molar-refractivity contribution in [3.8, 4) is 17.4 Å². The van der Waals surface area contributed by atoms with Gasteiger partial charge >= 0.3 is 0 Å². The summed E-state index contributed by atoms with van der Waals surface area (Å²) in [6.45, 7) is 4.76. The van der Waals surface area contributed by atoms with E-state index in [-0.39, 0.29) is 12.5 Å². The normalized spacial score (nSPS) is 9.87. The number of carboxylic acid groups (broad SMARTS) is 1. The molecule has 2 heterocycles. The van der Waals surface area contributed by atoms with Crippen molar-refractivity contribution in [2.75, 3.05) is 12.4 Å². The fourth-order valence-corrected chi connectivity index (χ4v) is 2.38. The number of aromatic nitrogens is 4. The molecule has 2 aromatic heterocycles. The van der Waals surface area contributed by atoms with Crippen LogP contribution >= 0.6 is 0 Å². The minimum Gasteiger partial charge on any atom is -0.493 e. The first-order valence-electron chi connectivity index (χ1n) is 8.93. The Morgan fingerprint density at radius 2 is 1.80 bits per heavy atom. The highest BCUT2D eigenvalue weighted by Gasteiger charge is 2.10. The van der Waals surface area contributed by atoms with E-state index >= 15 is 0 Å². The molecule has 0 saturated carbocycles. The summed E-state index contributed by atoms with van der Waals surface area (Å²) in [5, 5.41) is 14.4. The van der Waals surface area contributed by atoms with E-state index in [0.29, 0.717) is 34.7 Å². The van der Waals surface area contributed by atoms with Gasteiger partial charge in [0.25, 0.3) is 5.97 Å². The predicted octanol–water partition coefficient (Wildman–Crippen LogP) is 2.82. The zero-order valence-corrected chi connectivity index (χ0v) is 17.1. The summed E-state index contributed by atoms with van der Waals surface area (Å²) in [5.41, 5.74) is 0.567. The average molecular weight is 413 g/mol. The molecule has 1 amide bonds. The predicted molar refractivity (Wildman–Crippen MR) is 109 cm³/mol. The van der Waals surface area contributed by atoms with E-state index in [9.17, 15) is 4.79 Å². The van der Waals surface area contributed by atoms with Crippen LogP contribution in [0.25, 0.3) is 0 Å². The third-order valence-corrected chi connectivity index (χ3v) is 3.56. The standard InChI is InChI=1S/C18H19N5O3.C2H4O2/c1-12-20-13(2)23(22-12)11-17(24)21-14-8-9-18(19-10-14)26-16-7-5-4-6-15(16)25-3;1-2(3)4/h4-10H,11H2,1-3H3,(H,21,24);1H3,(H,3,4). The Labute approximate surface area is 173 Å². The maximum atomic E-state index is 12.1. The van der Waals surface area contributed by atoms with Crippen molar-refractivity contribution < 1.29 is 24.2 Å². The molecule has 3 rings (SSSR count). The zero-order valence-electron chi connectivity index (χ0n) is 17.1. The van der Waals surface area contributed by atoms with Crippen LogP contribution in [0.5, 0.6) is 17.4 Å². The van der Waals surface area contributed by atoms with Crippen molar-refractivity contribution in [3.63, 3.8) is 0 Å². The quantitative estimate of drug-likeness (QED) is 0.631. The number of carbonyl (C=O) groups is 2. The number of amides is 1. The molecule has 1 aromatic carbocycles. The van der Waals surface area contributed by atoms with Gasteiger partial charge in [0.1, 0.15) is 18.2 Å². The maximum Gasteiger partial charge on any atom is 0.300 e. The summed E-state index contributed by atoms with van der Waals surface area (Å²) < 4.78 is 12.5. The lowest BCUT2D eigenvalue weighted by Crippen LogP contribution is -2.20. The van der Waals surface area contributed by atoms with Crippen LogP contribution in [0.1, 0.15) is 18.6 Å². The van der Waals surface area contributed by atoms with Crippen molar-refractivity contribution in [1.29, 1.82) is 0 Å². The number of hydrogen-bond donors (Lipinski definition) is 2. The number of ether oxygens (including phenoxy) is 2. The highest BCUT2D eigenvalue weighted by atomic mass is 16.5. The second-order valence-electron chi connectivity index (χ2n) is 6.07. The monoisotopic (exact) mass is 413 g/mol. The van der Waals surface area contributed by atoms with Gasteiger partial charge in [0.05, 0.1) is 19.0 Å². The number of carbonyl (C=O) groups excluding carboxylic acids is 1. The van der Waals surface area contributed by atoms with Gasteiger partial charge in [-0.1, -0.05) is 12.1 Å². The number of nitrogens with one attached hydrogen (secondary N) is 1. The highest BCUT2D eigenvalue weighted by Crippen LogP contribution is 2.30. The fraction of sp³-hybridized carbons (Fsp3) is 0.250. The molecule has 10 nitrogen and oxygen atoms in total. The first kappa shape index (κ1) is 22.3. The average Bonchev–Trinajstić information content (AvgIpc) is 3.00. The summed E-state index contributed by atoms with van der Waals surface area (Å²) in [6, 6.07) is 10.7. The first-order valence-corrected chi connectivity index (χ1v) is 8.93. The van der Waals surface area contributed by atoms with Gasteiger partial charge in [0.15, 0.2) is 11.5 Å².